The molecule has 0 radical (unpaired) electrons. The maximum Gasteiger partial charge on any atom is 0.0480 e. The van der Waals surface area contributed by atoms with Crippen LogP contribution >= 0.6 is 0 Å². The molecule has 3 aromatic carbocycles. The Morgan fingerprint density at radius 1 is 0.545 bits per heavy atom. The molecule has 0 atom stereocenters. The Bertz CT molecular complexity index is 1530. The lowest BCUT2D eigenvalue weighted by molar-refractivity contribution is 0.718. The number of fused-ring (bicyclic) bond motifs is 3. The molecule has 0 amide bonds. The monoisotopic (exact) mass is 431 g/mol. The molecule has 0 aliphatic carbocycles. The zero-order valence-corrected chi connectivity index (χ0v) is 19.5. The third-order valence-corrected chi connectivity index (χ3v) is 7.29. The third kappa shape index (κ3) is 3.19. The van der Waals surface area contributed by atoms with Gasteiger partial charge in [0.25, 0.3) is 0 Å². The Kier molecular flexibility index (Phi) is 4.65. The van der Waals surface area contributed by atoms with Crippen LogP contribution in [0.15, 0.2) is 91.4 Å². The molecular weight excluding hydrogens is 402 g/mol. The number of para-hydroxylation sites is 3. The number of hydrogen-bond acceptors (Lipinski definition) is 0. The molecule has 0 aliphatic rings. The highest BCUT2D eigenvalue weighted by Gasteiger charge is 2.23. The van der Waals surface area contributed by atoms with Crippen molar-refractivity contribution in [3.63, 3.8) is 0 Å². The Hall–Kier alpha value is -3.72. The van der Waals surface area contributed by atoms with Gasteiger partial charge >= 0.3 is 0 Å². The molecule has 3 nitrogen and oxygen atoms in total. The highest BCUT2D eigenvalue weighted by molar-refractivity contribution is 5.89. The second-order valence-electron chi connectivity index (χ2n) is 9.30. The van der Waals surface area contributed by atoms with Gasteiger partial charge in [-0.1, -0.05) is 54.6 Å². The summed E-state index contributed by atoms with van der Waals surface area (Å²) in [5, 5.41) is 4.08. The summed E-state index contributed by atoms with van der Waals surface area (Å²) in [6.45, 7) is 0. The van der Waals surface area contributed by atoms with E-state index in [1.165, 1.54) is 49.4 Å². The van der Waals surface area contributed by atoms with Crippen molar-refractivity contribution in [2.45, 2.75) is 18.8 Å². The second-order valence-corrected chi connectivity index (χ2v) is 9.30. The summed E-state index contributed by atoms with van der Waals surface area (Å²) in [5.74, 6) is 0.321. The second kappa shape index (κ2) is 7.70. The zero-order chi connectivity index (χ0) is 22.5. The van der Waals surface area contributed by atoms with Crippen LogP contribution in [-0.4, -0.2) is 13.7 Å². The van der Waals surface area contributed by atoms with Crippen molar-refractivity contribution in [2.24, 2.45) is 21.1 Å². The Balaban J connectivity index is 1.50. The van der Waals surface area contributed by atoms with E-state index in [-0.39, 0.29) is 0 Å². The SMILES string of the molecule is Cn1cc(CCC(c2cn(C)c3ccccc23)c2cn(C)c3ccccc23)c2ccccc21. The van der Waals surface area contributed by atoms with Crippen LogP contribution in [0, 0.1) is 0 Å². The first kappa shape index (κ1) is 19.9. The first-order valence-corrected chi connectivity index (χ1v) is 11.7. The molecule has 0 fully saturated rings. The molecule has 3 heterocycles. The number of benzene rings is 3. The first-order chi connectivity index (χ1) is 16.1. The fourth-order valence-electron chi connectivity index (χ4n) is 5.70. The van der Waals surface area contributed by atoms with E-state index in [9.17, 15) is 0 Å². The largest absolute Gasteiger partial charge is 0.350 e. The van der Waals surface area contributed by atoms with Gasteiger partial charge in [0.15, 0.2) is 0 Å². The van der Waals surface area contributed by atoms with Crippen LogP contribution in [0.4, 0.5) is 0 Å². The minimum atomic E-state index is 0.321. The summed E-state index contributed by atoms with van der Waals surface area (Å²) in [6.07, 6.45) is 9.11. The lowest BCUT2D eigenvalue weighted by Gasteiger charge is -2.17. The van der Waals surface area contributed by atoms with Crippen LogP contribution in [0.25, 0.3) is 32.7 Å². The third-order valence-electron chi connectivity index (χ3n) is 7.29. The minimum Gasteiger partial charge on any atom is -0.350 e. The Labute approximate surface area is 194 Å². The summed E-state index contributed by atoms with van der Waals surface area (Å²) >= 11 is 0. The molecule has 6 rings (SSSR count). The number of hydrogen-bond donors (Lipinski definition) is 0. The zero-order valence-electron chi connectivity index (χ0n) is 19.5. The molecule has 0 bridgehead atoms. The minimum absolute atomic E-state index is 0.321. The quantitative estimate of drug-likeness (QED) is 0.281. The van der Waals surface area contributed by atoms with E-state index in [4.69, 9.17) is 0 Å². The highest BCUT2D eigenvalue weighted by atomic mass is 14.9. The van der Waals surface area contributed by atoms with Gasteiger partial charge in [0.2, 0.25) is 0 Å². The van der Waals surface area contributed by atoms with Crippen molar-refractivity contribution in [1.29, 1.82) is 0 Å². The topological polar surface area (TPSA) is 14.8 Å². The van der Waals surface area contributed by atoms with Crippen LogP contribution in [-0.2, 0) is 27.6 Å². The van der Waals surface area contributed by atoms with Crippen molar-refractivity contribution < 1.29 is 0 Å². The van der Waals surface area contributed by atoms with Crippen molar-refractivity contribution >= 4 is 32.7 Å². The number of rotatable bonds is 5. The lowest BCUT2D eigenvalue weighted by atomic mass is 9.86. The average Bonchev–Trinajstić information content (AvgIpc) is 3.47. The van der Waals surface area contributed by atoms with Gasteiger partial charge in [-0.15, -0.1) is 0 Å². The van der Waals surface area contributed by atoms with Gasteiger partial charge < -0.3 is 13.7 Å². The van der Waals surface area contributed by atoms with Crippen LogP contribution < -0.4 is 0 Å². The lowest BCUT2D eigenvalue weighted by Crippen LogP contribution is -2.03. The summed E-state index contributed by atoms with van der Waals surface area (Å²) in [5.41, 5.74) is 8.16. The molecule has 3 aromatic heterocycles. The van der Waals surface area contributed by atoms with Crippen LogP contribution in [0.2, 0.25) is 0 Å². The first-order valence-electron chi connectivity index (χ1n) is 11.7. The maximum atomic E-state index is 2.35. The normalized spacial score (nSPS) is 12.0. The van der Waals surface area contributed by atoms with E-state index in [1.54, 1.807) is 0 Å². The van der Waals surface area contributed by atoms with Crippen molar-refractivity contribution in [2.75, 3.05) is 0 Å². The van der Waals surface area contributed by atoms with Crippen molar-refractivity contribution in [1.82, 2.24) is 13.7 Å². The van der Waals surface area contributed by atoms with E-state index in [1.807, 2.05) is 0 Å². The molecule has 3 heteroatoms. The van der Waals surface area contributed by atoms with E-state index >= 15 is 0 Å². The van der Waals surface area contributed by atoms with E-state index in [2.05, 4.69) is 126 Å². The number of aromatic nitrogens is 3. The molecule has 0 unspecified atom stereocenters. The number of nitrogens with zero attached hydrogens (tertiary/aromatic N) is 3. The summed E-state index contributed by atoms with van der Waals surface area (Å²) in [4.78, 5) is 0. The molecule has 0 N–H and O–H groups in total. The van der Waals surface area contributed by atoms with Crippen molar-refractivity contribution in [3.8, 4) is 0 Å². The van der Waals surface area contributed by atoms with E-state index < -0.39 is 0 Å². The average molecular weight is 432 g/mol. The molecule has 33 heavy (non-hydrogen) atoms. The van der Waals surface area contributed by atoms with Gasteiger partial charge in [-0.3, -0.25) is 0 Å². The molecule has 6 aromatic rings. The fourth-order valence-corrected chi connectivity index (χ4v) is 5.70. The van der Waals surface area contributed by atoms with Gasteiger partial charge in [-0.05, 0) is 47.7 Å². The van der Waals surface area contributed by atoms with E-state index in [0.717, 1.165) is 12.8 Å². The van der Waals surface area contributed by atoms with Gasteiger partial charge in [0.1, 0.15) is 0 Å². The molecular formula is C30H29N3. The maximum absolute atomic E-state index is 2.35. The standard InChI is InChI=1S/C30H29N3/c1-31-18-21(22-10-4-7-13-28(22)31)16-17-23(26-19-32(2)29-14-8-5-11-24(26)29)27-20-33(3)30-15-9-6-12-25(27)30/h4-15,18-20,23H,16-17H2,1-3H3. The van der Waals surface area contributed by atoms with Gasteiger partial charge in [-0.2, -0.15) is 0 Å². The summed E-state index contributed by atoms with van der Waals surface area (Å²) < 4.78 is 6.82. The number of aryl methyl sites for hydroxylation is 4. The van der Waals surface area contributed by atoms with Crippen LogP contribution in [0.1, 0.15) is 29.0 Å². The van der Waals surface area contributed by atoms with E-state index in [0.29, 0.717) is 5.92 Å². The van der Waals surface area contributed by atoms with Gasteiger partial charge in [0, 0.05) is 78.4 Å². The van der Waals surface area contributed by atoms with Gasteiger partial charge in [0.05, 0.1) is 0 Å². The fraction of sp³-hybridized carbons (Fsp3) is 0.200. The molecule has 0 saturated carbocycles. The Morgan fingerprint density at radius 2 is 0.970 bits per heavy atom. The van der Waals surface area contributed by atoms with Gasteiger partial charge in [-0.25, -0.2) is 0 Å². The van der Waals surface area contributed by atoms with Crippen molar-refractivity contribution in [3.05, 3.63) is 108 Å². The smallest absolute Gasteiger partial charge is 0.0480 e. The predicted molar refractivity (Wildman–Crippen MR) is 139 cm³/mol. The highest BCUT2D eigenvalue weighted by Crippen LogP contribution is 2.39. The summed E-state index contributed by atoms with van der Waals surface area (Å²) in [6, 6.07) is 26.4. The molecule has 0 saturated heterocycles. The molecule has 164 valence electrons. The molecule has 0 aliphatic heterocycles. The van der Waals surface area contributed by atoms with Crippen LogP contribution in [0.3, 0.4) is 0 Å². The summed E-state index contributed by atoms with van der Waals surface area (Å²) in [7, 11) is 6.48. The van der Waals surface area contributed by atoms with Crippen LogP contribution in [0.5, 0.6) is 0 Å². The Morgan fingerprint density at radius 3 is 1.52 bits per heavy atom. The predicted octanol–water partition coefficient (Wildman–Crippen LogP) is 6.93. The molecule has 0 spiro atoms.